The standard InChI is InChI=1S/C20H31FN2O.C11H13F3N2O.CH3NO/c1-3-15-24-20(4-2)16-22-18-7-5-13-23(14-6-8-18)19-11-9-17(21)10-12-19;1-2-15-3-4-16-9(7-15)5-8(6-10(16)17)11(12,13)14;2-1-3/h3,9-12,18,20,22H,1,4-8,13-16H2,2H3;5-6H,2-4,7H2,1H3;1H,(H2,2,3). The third-order valence-corrected chi connectivity index (χ3v) is 7.71. The number of carbonyl (C=O) groups is 1. The first kappa shape index (κ1) is 37.0. The van der Waals surface area contributed by atoms with Crippen molar-refractivity contribution in [2.75, 3.05) is 44.2 Å². The van der Waals surface area contributed by atoms with Gasteiger partial charge in [0, 0.05) is 62.8 Å². The molecule has 1 fully saturated rings. The number of hydrogen-bond donors (Lipinski definition) is 2. The van der Waals surface area contributed by atoms with Crippen LogP contribution in [0.1, 0.15) is 57.2 Å². The molecule has 1 saturated heterocycles. The molecule has 1 aromatic heterocycles. The number of nitrogens with zero attached hydrogens (tertiary/aromatic N) is 3. The van der Waals surface area contributed by atoms with Crippen LogP contribution in [0.2, 0.25) is 0 Å². The van der Waals surface area contributed by atoms with Crippen molar-refractivity contribution in [3.8, 4) is 0 Å². The van der Waals surface area contributed by atoms with Gasteiger partial charge in [0.25, 0.3) is 5.56 Å². The number of anilines is 1. The Morgan fingerprint density at radius 1 is 1.09 bits per heavy atom. The van der Waals surface area contributed by atoms with Gasteiger partial charge in [-0.05, 0) is 69.0 Å². The zero-order valence-corrected chi connectivity index (χ0v) is 25.8. The van der Waals surface area contributed by atoms with Gasteiger partial charge in [-0.15, -0.1) is 6.58 Å². The van der Waals surface area contributed by atoms with Gasteiger partial charge in [-0.1, -0.05) is 19.9 Å². The lowest BCUT2D eigenvalue weighted by molar-refractivity contribution is -0.137. The molecule has 4 rings (SSSR count). The Labute approximate surface area is 257 Å². The Bertz CT molecular complexity index is 1180. The summed E-state index contributed by atoms with van der Waals surface area (Å²) in [4.78, 5) is 24.5. The monoisotopic (exact) mass is 625 g/mol. The molecule has 0 aliphatic carbocycles. The van der Waals surface area contributed by atoms with Crippen LogP contribution in [0.4, 0.5) is 23.2 Å². The third-order valence-electron chi connectivity index (χ3n) is 7.71. The molecule has 1 aromatic carbocycles. The third kappa shape index (κ3) is 12.4. The Morgan fingerprint density at radius 2 is 1.73 bits per heavy atom. The number of benzene rings is 1. The summed E-state index contributed by atoms with van der Waals surface area (Å²) in [6.45, 7) is 13.7. The van der Waals surface area contributed by atoms with E-state index in [0.717, 1.165) is 57.2 Å². The zero-order chi connectivity index (χ0) is 32.5. The first-order valence-electron chi connectivity index (χ1n) is 15.2. The van der Waals surface area contributed by atoms with E-state index in [1.165, 1.54) is 17.4 Å². The molecule has 2 aliphatic heterocycles. The fourth-order valence-electron chi connectivity index (χ4n) is 5.27. The Balaban J connectivity index is 0.000000295. The van der Waals surface area contributed by atoms with Crippen LogP contribution in [0.25, 0.3) is 0 Å². The number of nitrogens with two attached hydrogens (primary N) is 1. The second kappa shape index (κ2) is 19.2. The number of halogens is 4. The molecule has 0 radical (unpaired) electrons. The van der Waals surface area contributed by atoms with Gasteiger partial charge in [0.15, 0.2) is 0 Å². The summed E-state index contributed by atoms with van der Waals surface area (Å²) in [6.07, 6.45) is 3.55. The van der Waals surface area contributed by atoms with Gasteiger partial charge in [-0.2, -0.15) is 13.2 Å². The summed E-state index contributed by atoms with van der Waals surface area (Å²) in [7, 11) is 0. The van der Waals surface area contributed by atoms with E-state index in [9.17, 15) is 22.4 Å². The SMILES string of the molecule is C=CCOC(CC)CNC1CCCN(c2ccc(F)cc2)CCC1.CCN1CCn2c(cc(C(F)(F)F)cc2=O)C1.NC=O. The number of alkyl halides is 3. The van der Waals surface area contributed by atoms with Crippen LogP contribution in [0.3, 0.4) is 0 Å². The van der Waals surface area contributed by atoms with Gasteiger partial charge in [-0.25, -0.2) is 4.39 Å². The predicted octanol–water partition coefficient (Wildman–Crippen LogP) is 4.95. The van der Waals surface area contributed by atoms with Gasteiger partial charge in [-0.3, -0.25) is 14.5 Å². The summed E-state index contributed by atoms with van der Waals surface area (Å²) in [5.41, 5.74) is 4.32. The number of primary amides is 1. The molecule has 0 saturated carbocycles. The van der Waals surface area contributed by atoms with E-state index >= 15 is 0 Å². The average molecular weight is 626 g/mol. The zero-order valence-electron chi connectivity index (χ0n) is 25.8. The van der Waals surface area contributed by atoms with E-state index in [0.29, 0.717) is 44.0 Å². The number of nitrogens with one attached hydrogen (secondary N) is 1. The molecule has 1 amide bonds. The van der Waals surface area contributed by atoms with E-state index in [1.807, 2.05) is 30.0 Å². The summed E-state index contributed by atoms with van der Waals surface area (Å²) in [5, 5.41) is 3.68. The maximum atomic E-state index is 13.1. The summed E-state index contributed by atoms with van der Waals surface area (Å²) in [5.74, 6) is -0.167. The first-order chi connectivity index (χ1) is 21.1. The number of ether oxygens (including phenoxy) is 1. The largest absolute Gasteiger partial charge is 0.416 e. The Hall–Kier alpha value is -3.22. The Kier molecular flexibility index (Phi) is 16.2. The normalized spacial score (nSPS) is 16.6. The second-order valence-electron chi connectivity index (χ2n) is 10.7. The van der Waals surface area contributed by atoms with Crippen molar-refractivity contribution in [3.63, 3.8) is 0 Å². The molecular formula is C32H47F4N5O3. The molecule has 2 aromatic rings. The smallest absolute Gasteiger partial charge is 0.373 e. The van der Waals surface area contributed by atoms with Crippen molar-refractivity contribution in [3.05, 3.63) is 76.5 Å². The van der Waals surface area contributed by atoms with Crippen molar-refractivity contribution in [2.45, 2.75) is 77.4 Å². The van der Waals surface area contributed by atoms with Gasteiger partial charge < -0.3 is 25.3 Å². The minimum Gasteiger partial charge on any atom is -0.373 e. The van der Waals surface area contributed by atoms with Crippen LogP contribution < -0.4 is 21.5 Å². The molecule has 3 heterocycles. The molecule has 0 spiro atoms. The molecule has 0 bridgehead atoms. The number of likely N-dealkylation sites (N-methyl/N-ethyl adjacent to an activating group) is 1. The number of rotatable bonds is 9. The van der Waals surface area contributed by atoms with Crippen molar-refractivity contribution < 1.29 is 27.1 Å². The summed E-state index contributed by atoms with van der Waals surface area (Å²) < 4.78 is 57.9. The molecule has 1 unspecified atom stereocenters. The van der Waals surface area contributed by atoms with Crippen LogP contribution in [-0.2, 0) is 28.8 Å². The van der Waals surface area contributed by atoms with E-state index in [1.54, 1.807) is 12.1 Å². The molecule has 246 valence electrons. The minimum atomic E-state index is -4.46. The number of carbonyl (C=O) groups excluding carboxylic acids is 1. The van der Waals surface area contributed by atoms with Crippen molar-refractivity contribution in [1.29, 1.82) is 0 Å². The van der Waals surface area contributed by atoms with Crippen LogP contribution in [0.15, 0.2) is 53.8 Å². The number of amides is 1. The molecule has 8 nitrogen and oxygen atoms in total. The predicted molar refractivity (Wildman–Crippen MR) is 166 cm³/mol. The van der Waals surface area contributed by atoms with Gasteiger partial charge >= 0.3 is 6.18 Å². The lowest BCUT2D eigenvalue weighted by Gasteiger charge is -2.30. The highest BCUT2D eigenvalue weighted by Gasteiger charge is 2.32. The maximum absolute atomic E-state index is 13.1. The van der Waals surface area contributed by atoms with Crippen LogP contribution in [-0.4, -0.2) is 67.4 Å². The van der Waals surface area contributed by atoms with Gasteiger partial charge in [0.2, 0.25) is 6.41 Å². The molecule has 2 aliphatic rings. The van der Waals surface area contributed by atoms with Gasteiger partial charge in [0.1, 0.15) is 5.82 Å². The van der Waals surface area contributed by atoms with Gasteiger partial charge in [0.05, 0.1) is 18.3 Å². The second-order valence-corrected chi connectivity index (χ2v) is 10.7. The van der Waals surface area contributed by atoms with Crippen molar-refractivity contribution in [2.24, 2.45) is 5.73 Å². The topological polar surface area (TPSA) is 92.8 Å². The molecule has 1 atom stereocenters. The number of pyridine rings is 1. The van der Waals surface area contributed by atoms with Crippen LogP contribution in [0, 0.1) is 5.82 Å². The maximum Gasteiger partial charge on any atom is 0.416 e. The summed E-state index contributed by atoms with van der Waals surface area (Å²) >= 11 is 0. The minimum absolute atomic E-state index is 0.167. The van der Waals surface area contributed by atoms with Crippen molar-refractivity contribution in [1.82, 2.24) is 14.8 Å². The number of aromatic nitrogens is 1. The van der Waals surface area contributed by atoms with Crippen LogP contribution in [0.5, 0.6) is 0 Å². The van der Waals surface area contributed by atoms with E-state index in [2.05, 4.69) is 29.5 Å². The number of hydrogen-bond acceptors (Lipinski definition) is 6. The van der Waals surface area contributed by atoms with E-state index in [-0.39, 0.29) is 18.3 Å². The fourth-order valence-corrected chi connectivity index (χ4v) is 5.27. The Morgan fingerprint density at radius 3 is 2.27 bits per heavy atom. The van der Waals surface area contributed by atoms with E-state index < -0.39 is 17.3 Å². The highest BCUT2D eigenvalue weighted by atomic mass is 19.4. The molecule has 44 heavy (non-hydrogen) atoms. The fraction of sp³-hybridized carbons (Fsp3) is 0.562. The highest BCUT2D eigenvalue weighted by Crippen LogP contribution is 2.29. The number of fused-ring (bicyclic) bond motifs is 1. The van der Waals surface area contributed by atoms with E-state index in [4.69, 9.17) is 9.53 Å². The highest BCUT2D eigenvalue weighted by molar-refractivity contribution is 5.46. The molecule has 3 N–H and O–H groups in total. The van der Waals surface area contributed by atoms with Crippen LogP contribution >= 0.6 is 0 Å². The average Bonchev–Trinajstić information content (AvgIpc) is 2.98. The molecule has 12 heteroatoms. The summed E-state index contributed by atoms with van der Waals surface area (Å²) in [6, 6.07) is 9.18. The lowest BCUT2D eigenvalue weighted by atomic mass is 10.0. The first-order valence-corrected chi connectivity index (χ1v) is 15.2. The lowest BCUT2D eigenvalue weighted by Crippen LogP contribution is -2.39. The van der Waals surface area contributed by atoms with Crippen molar-refractivity contribution >= 4 is 12.1 Å². The quantitative estimate of drug-likeness (QED) is 0.233. The molecular weight excluding hydrogens is 578 g/mol.